The Labute approximate surface area is 168 Å². The number of imidazole rings is 1. The minimum Gasteiger partial charge on any atom is -0.493 e. The van der Waals surface area contributed by atoms with Gasteiger partial charge < -0.3 is 39.3 Å². The van der Waals surface area contributed by atoms with Crippen molar-refractivity contribution in [3.05, 3.63) is 18.5 Å². The van der Waals surface area contributed by atoms with Crippen LogP contribution in [0.2, 0.25) is 0 Å². The molecule has 3 N–H and O–H groups in total. The molecule has 0 aliphatic carbocycles. The summed E-state index contributed by atoms with van der Waals surface area (Å²) in [6.45, 7) is 2.81. The number of fused-ring (bicyclic) bond motifs is 3. The molecule has 10 nitrogen and oxygen atoms in total. The van der Waals surface area contributed by atoms with Crippen LogP contribution in [-0.4, -0.2) is 72.6 Å². The maximum absolute atomic E-state index is 12.2. The molecule has 1 aromatic heterocycles. The number of aliphatic hydroxyl groups excluding tert-OH is 1. The van der Waals surface area contributed by atoms with Gasteiger partial charge in [-0.3, -0.25) is 0 Å². The van der Waals surface area contributed by atoms with Gasteiger partial charge in [-0.05, 0) is 6.42 Å². The number of carbonyl (C=O) groups is 1. The molecule has 2 saturated heterocycles. The van der Waals surface area contributed by atoms with Crippen LogP contribution in [0, 0.1) is 0 Å². The van der Waals surface area contributed by atoms with Crippen molar-refractivity contribution < 1.29 is 28.8 Å². The smallest absolute Gasteiger partial charge is 0.315 e. The van der Waals surface area contributed by atoms with E-state index in [0.717, 1.165) is 11.9 Å². The second-order valence-electron chi connectivity index (χ2n) is 7.13. The highest BCUT2D eigenvalue weighted by Crippen LogP contribution is 2.39. The van der Waals surface area contributed by atoms with Gasteiger partial charge in [-0.1, -0.05) is 6.92 Å². The van der Waals surface area contributed by atoms with E-state index >= 15 is 0 Å². The molecule has 2 amide bonds. The first-order valence-corrected chi connectivity index (χ1v) is 9.65. The first-order chi connectivity index (χ1) is 14.1. The summed E-state index contributed by atoms with van der Waals surface area (Å²) in [7, 11) is 3.12. The van der Waals surface area contributed by atoms with Gasteiger partial charge in [-0.15, -0.1) is 0 Å². The van der Waals surface area contributed by atoms with E-state index in [-0.39, 0.29) is 6.03 Å². The van der Waals surface area contributed by atoms with E-state index in [9.17, 15) is 9.90 Å². The summed E-state index contributed by atoms with van der Waals surface area (Å²) >= 11 is 0. The first kappa shape index (κ1) is 19.7. The molecule has 2 aliphatic heterocycles. The SMILES string of the molecule is CCCNC(=O)N[C@H]1[C@H](O)[C@@H](n2cnc3cc(OC)c(OC)cc32)[C@@H]2OC[C@H]1O2. The summed E-state index contributed by atoms with van der Waals surface area (Å²) in [4.78, 5) is 16.6. The number of hydrogen-bond donors (Lipinski definition) is 3. The van der Waals surface area contributed by atoms with Crippen molar-refractivity contribution >= 4 is 17.1 Å². The van der Waals surface area contributed by atoms with Crippen LogP contribution in [0.25, 0.3) is 11.0 Å². The van der Waals surface area contributed by atoms with Gasteiger partial charge in [-0.2, -0.15) is 0 Å². The number of urea groups is 1. The second kappa shape index (κ2) is 8.05. The standard InChI is InChI=1S/C19H26N4O6/c1-4-5-20-19(25)22-15-14-8-28-18(29-14)16(17(15)24)23-9-21-10-6-12(26-2)13(27-3)7-11(10)23/h6-7,9,14-18,24H,4-5,8H2,1-3H3,(H2,20,22,25)/t14-,15-,16-,17+,18-/m1/s1. The zero-order chi connectivity index (χ0) is 20.5. The van der Waals surface area contributed by atoms with Crippen LogP contribution >= 0.6 is 0 Å². The highest BCUT2D eigenvalue weighted by Gasteiger charge is 2.51. The molecule has 4 rings (SSSR count). The fraction of sp³-hybridized carbons (Fsp3) is 0.579. The van der Waals surface area contributed by atoms with Gasteiger partial charge >= 0.3 is 6.03 Å². The number of nitrogens with one attached hydrogen (secondary N) is 2. The number of aromatic nitrogens is 2. The van der Waals surface area contributed by atoms with Crippen molar-refractivity contribution in [2.24, 2.45) is 0 Å². The van der Waals surface area contributed by atoms with Crippen LogP contribution in [0.15, 0.2) is 18.5 Å². The Kier molecular flexibility index (Phi) is 5.48. The fourth-order valence-electron chi connectivity index (χ4n) is 3.91. The molecule has 10 heteroatoms. The van der Waals surface area contributed by atoms with Crippen molar-refractivity contribution in [3.63, 3.8) is 0 Å². The maximum atomic E-state index is 12.2. The maximum Gasteiger partial charge on any atom is 0.315 e. The van der Waals surface area contributed by atoms with Crippen molar-refractivity contribution in [1.82, 2.24) is 20.2 Å². The molecule has 1 aromatic carbocycles. The van der Waals surface area contributed by atoms with Crippen molar-refractivity contribution in [1.29, 1.82) is 0 Å². The van der Waals surface area contributed by atoms with Crippen LogP contribution in [-0.2, 0) is 9.47 Å². The normalized spacial score (nSPS) is 28.3. The van der Waals surface area contributed by atoms with Crippen LogP contribution in [0.1, 0.15) is 19.4 Å². The number of carbonyl (C=O) groups excluding carboxylic acids is 1. The van der Waals surface area contributed by atoms with Crippen LogP contribution in [0.4, 0.5) is 4.79 Å². The molecule has 2 aromatic rings. The molecule has 0 unspecified atom stereocenters. The third-order valence-electron chi connectivity index (χ3n) is 5.37. The third kappa shape index (κ3) is 3.47. The Hall–Kier alpha value is -2.56. The monoisotopic (exact) mass is 406 g/mol. The van der Waals surface area contributed by atoms with Gasteiger partial charge in [0.05, 0.1) is 44.2 Å². The summed E-state index contributed by atoms with van der Waals surface area (Å²) in [6, 6.07) is 2.02. The number of rotatable bonds is 6. The fourth-order valence-corrected chi connectivity index (χ4v) is 3.91. The minimum absolute atomic E-state index is 0.292. The number of benzene rings is 1. The van der Waals surface area contributed by atoms with E-state index in [1.54, 1.807) is 37.2 Å². The number of nitrogens with zero attached hydrogens (tertiary/aromatic N) is 2. The predicted octanol–water partition coefficient (Wildman–Crippen LogP) is 0.788. The lowest BCUT2D eigenvalue weighted by Gasteiger charge is -2.39. The van der Waals surface area contributed by atoms with Gasteiger partial charge in [-0.25, -0.2) is 9.78 Å². The Bertz CT molecular complexity index is 887. The molecule has 2 fully saturated rings. The summed E-state index contributed by atoms with van der Waals surface area (Å²) < 4.78 is 24.2. The lowest BCUT2D eigenvalue weighted by atomic mass is 9.95. The van der Waals surface area contributed by atoms with E-state index in [1.807, 2.05) is 6.92 Å². The summed E-state index contributed by atoms with van der Waals surface area (Å²) in [6.07, 6.45) is 0.456. The highest BCUT2D eigenvalue weighted by atomic mass is 16.7. The largest absolute Gasteiger partial charge is 0.493 e. The number of aliphatic hydroxyl groups is 1. The molecule has 2 aliphatic rings. The second-order valence-corrected chi connectivity index (χ2v) is 7.13. The average Bonchev–Trinajstić information content (AvgIpc) is 3.34. The zero-order valence-corrected chi connectivity index (χ0v) is 16.6. The summed E-state index contributed by atoms with van der Waals surface area (Å²) in [5.41, 5.74) is 1.42. The minimum atomic E-state index is -0.931. The quantitative estimate of drug-likeness (QED) is 0.649. The van der Waals surface area contributed by atoms with Crippen molar-refractivity contribution in [2.45, 2.75) is 43.9 Å². The summed E-state index contributed by atoms with van der Waals surface area (Å²) in [5.74, 6) is 1.11. The van der Waals surface area contributed by atoms with E-state index in [0.29, 0.717) is 30.2 Å². The van der Waals surface area contributed by atoms with Gasteiger partial charge in [0.2, 0.25) is 0 Å². The lowest BCUT2D eigenvalue weighted by molar-refractivity contribution is -0.162. The van der Waals surface area contributed by atoms with Gasteiger partial charge in [0, 0.05) is 18.7 Å². The Morgan fingerprint density at radius 1 is 1.34 bits per heavy atom. The molecular weight excluding hydrogens is 380 g/mol. The number of hydrogen-bond acceptors (Lipinski definition) is 7. The molecule has 0 spiro atoms. The van der Waals surface area contributed by atoms with Gasteiger partial charge in [0.25, 0.3) is 0 Å². The molecule has 158 valence electrons. The molecule has 0 radical (unpaired) electrons. The predicted molar refractivity (Wildman–Crippen MR) is 103 cm³/mol. The molecule has 2 bridgehead atoms. The molecule has 5 atom stereocenters. The van der Waals surface area contributed by atoms with Gasteiger partial charge in [0.1, 0.15) is 18.2 Å². The Morgan fingerprint density at radius 3 is 2.83 bits per heavy atom. The van der Waals surface area contributed by atoms with E-state index in [1.165, 1.54) is 0 Å². The molecule has 3 heterocycles. The summed E-state index contributed by atoms with van der Waals surface area (Å²) in [5, 5.41) is 16.7. The first-order valence-electron chi connectivity index (χ1n) is 9.65. The zero-order valence-electron chi connectivity index (χ0n) is 16.6. The van der Waals surface area contributed by atoms with Crippen LogP contribution in [0.3, 0.4) is 0 Å². The Morgan fingerprint density at radius 2 is 2.10 bits per heavy atom. The third-order valence-corrected chi connectivity index (χ3v) is 5.37. The lowest BCUT2D eigenvalue weighted by Crippen LogP contribution is -2.60. The van der Waals surface area contributed by atoms with Crippen LogP contribution < -0.4 is 20.1 Å². The topological polar surface area (TPSA) is 116 Å². The molecular formula is C19H26N4O6. The number of methoxy groups -OCH3 is 2. The van der Waals surface area contributed by atoms with Gasteiger partial charge in [0.15, 0.2) is 17.8 Å². The van der Waals surface area contributed by atoms with Crippen LogP contribution in [0.5, 0.6) is 11.5 Å². The van der Waals surface area contributed by atoms with E-state index < -0.39 is 30.6 Å². The molecule has 0 saturated carbocycles. The van der Waals surface area contributed by atoms with Crippen molar-refractivity contribution in [3.8, 4) is 11.5 Å². The number of amides is 2. The highest BCUT2D eigenvalue weighted by molar-refractivity contribution is 5.80. The number of ether oxygens (including phenoxy) is 4. The van der Waals surface area contributed by atoms with E-state index in [2.05, 4.69) is 15.6 Å². The average molecular weight is 406 g/mol. The Balaban J connectivity index is 1.66. The molecule has 29 heavy (non-hydrogen) atoms. The van der Waals surface area contributed by atoms with E-state index in [4.69, 9.17) is 18.9 Å². The van der Waals surface area contributed by atoms with Crippen molar-refractivity contribution in [2.75, 3.05) is 27.4 Å².